The summed E-state index contributed by atoms with van der Waals surface area (Å²) < 4.78 is -0.448. The highest BCUT2D eigenvalue weighted by molar-refractivity contribution is 5.77. The number of hydrogen-bond acceptors (Lipinski definition) is 4. The second-order valence-corrected chi connectivity index (χ2v) is 10.5. The van der Waals surface area contributed by atoms with Crippen LogP contribution in [0.4, 0.5) is 0 Å². The Balaban J connectivity index is 5.52. The maximum absolute atomic E-state index is 12.5. The average Bonchev–Trinajstić information content (AvgIpc) is 2.85. The minimum atomic E-state index is -1.34. The summed E-state index contributed by atoms with van der Waals surface area (Å²) in [6, 6.07) is -3.35. The molecule has 0 aromatic rings. The zero-order chi connectivity index (χ0) is 28.1. The molecule has 0 rings (SSSR count). The SMILES string of the molecule is CCCCCCCC/C=C/CCCCC[N+](C(CCC)C(=O)[O-])(C(CCC)C(=O)O)C(CCC)C(=O)O. The van der Waals surface area contributed by atoms with Crippen LogP contribution in [0.5, 0.6) is 0 Å². The van der Waals surface area contributed by atoms with Gasteiger partial charge in [-0.1, -0.05) is 78.4 Å². The lowest BCUT2D eigenvalue weighted by Crippen LogP contribution is -2.74. The Kier molecular flexibility index (Phi) is 20.0. The number of nitrogens with zero attached hydrogens (tertiary/aromatic N) is 1. The lowest BCUT2D eigenvalue weighted by molar-refractivity contribution is -0.975. The lowest BCUT2D eigenvalue weighted by Gasteiger charge is -2.52. The molecule has 0 aliphatic carbocycles. The molecule has 37 heavy (non-hydrogen) atoms. The Hall–Kier alpha value is -1.89. The number of aliphatic carboxylic acids is 3. The van der Waals surface area contributed by atoms with Gasteiger partial charge in [-0.2, -0.15) is 0 Å². The first kappa shape index (κ1) is 35.1. The summed E-state index contributed by atoms with van der Waals surface area (Å²) in [5.74, 6) is -3.59. The monoisotopic (exact) mass is 525 g/mol. The van der Waals surface area contributed by atoms with Gasteiger partial charge in [-0.25, -0.2) is 9.59 Å². The van der Waals surface area contributed by atoms with Gasteiger partial charge in [-0.3, -0.25) is 4.48 Å². The third-order valence-electron chi connectivity index (χ3n) is 7.58. The van der Waals surface area contributed by atoms with Crippen LogP contribution in [0.1, 0.15) is 137 Å². The van der Waals surface area contributed by atoms with Crippen molar-refractivity contribution in [2.75, 3.05) is 6.54 Å². The molecule has 0 spiro atoms. The van der Waals surface area contributed by atoms with E-state index >= 15 is 0 Å². The van der Waals surface area contributed by atoms with E-state index in [-0.39, 0.29) is 25.8 Å². The topological polar surface area (TPSA) is 115 Å². The number of carboxylic acids is 3. The van der Waals surface area contributed by atoms with Crippen LogP contribution >= 0.6 is 0 Å². The standard InChI is InChI=1S/C30H55NO6/c1-5-9-10-11-12-13-14-15-16-17-18-19-20-24-31(25(21-6-2)28(32)33,26(22-7-3)29(34)35)27(23-8-4)30(36)37/h15-16,25-27H,5-14,17-24H2,1-4H3,(H2-,32,33,34,35,36,37)/b16-15+. The first-order valence-corrected chi connectivity index (χ1v) is 14.9. The molecule has 0 fully saturated rings. The molecular weight excluding hydrogens is 470 g/mol. The van der Waals surface area contributed by atoms with Gasteiger partial charge < -0.3 is 20.1 Å². The van der Waals surface area contributed by atoms with Crippen molar-refractivity contribution in [3.05, 3.63) is 12.2 Å². The van der Waals surface area contributed by atoms with Crippen molar-refractivity contribution in [1.82, 2.24) is 0 Å². The summed E-state index contributed by atoms with van der Waals surface area (Å²) in [7, 11) is 0. The Labute approximate surface area is 225 Å². The molecular formula is C30H55NO6. The van der Waals surface area contributed by atoms with E-state index in [4.69, 9.17) is 0 Å². The van der Waals surface area contributed by atoms with Crippen LogP contribution in [0.3, 0.4) is 0 Å². The number of rotatable bonds is 25. The van der Waals surface area contributed by atoms with E-state index in [9.17, 15) is 29.7 Å². The Morgan fingerprint density at radius 2 is 1.03 bits per heavy atom. The van der Waals surface area contributed by atoms with Crippen LogP contribution in [0, 0.1) is 0 Å². The van der Waals surface area contributed by atoms with E-state index in [2.05, 4.69) is 19.1 Å². The van der Waals surface area contributed by atoms with Gasteiger partial charge in [0.15, 0.2) is 12.1 Å². The molecule has 0 aliphatic heterocycles. The molecule has 0 bridgehead atoms. The zero-order valence-electron chi connectivity index (χ0n) is 24.1. The predicted octanol–water partition coefficient (Wildman–Crippen LogP) is 6.10. The number of hydrogen-bond donors (Lipinski definition) is 2. The van der Waals surface area contributed by atoms with E-state index in [1.54, 1.807) is 0 Å². The molecule has 3 atom stereocenters. The average molecular weight is 526 g/mol. The second-order valence-electron chi connectivity index (χ2n) is 10.5. The number of unbranched alkanes of at least 4 members (excludes halogenated alkanes) is 9. The first-order chi connectivity index (χ1) is 17.7. The molecule has 0 radical (unpaired) electrons. The van der Waals surface area contributed by atoms with Crippen molar-refractivity contribution in [3.63, 3.8) is 0 Å². The van der Waals surface area contributed by atoms with E-state index in [0.29, 0.717) is 25.7 Å². The maximum Gasteiger partial charge on any atom is 0.362 e. The fraction of sp³-hybridized carbons (Fsp3) is 0.833. The summed E-state index contributed by atoms with van der Waals surface area (Å²) in [5, 5.41) is 32.8. The van der Waals surface area contributed by atoms with Crippen molar-refractivity contribution >= 4 is 17.9 Å². The van der Waals surface area contributed by atoms with E-state index < -0.39 is 40.5 Å². The molecule has 0 aliphatic rings. The van der Waals surface area contributed by atoms with Crippen molar-refractivity contribution in [2.45, 2.75) is 155 Å². The normalized spacial score (nSPS) is 15.8. The van der Waals surface area contributed by atoms with Gasteiger partial charge in [0.05, 0.1) is 12.5 Å². The van der Waals surface area contributed by atoms with Gasteiger partial charge in [0.25, 0.3) is 0 Å². The number of allylic oxidation sites excluding steroid dienone is 2. The van der Waals surface area contributed by atoms with Gasteiger partial charge in [0, 0.05) is 19.3 Å². The summed E-state index contributed by atoms with van der Waals surface area (Å²) in [5.41, 5.74) is 0. The number of quaternary nitrogens is 1. The molecule has 0 heterocycles. The fourth-order valence-electron chi connectivity index (χ4n) is 5.74. The third kappa shape index (κ3) is 12.5. The summed E-state index contributed by atoms with van der Waals surface area (Å²) in [6.45, 7) is 7.98. The predicted molar refractivity (Wildman–Crippen MR) is 147 cm³/mol. The molecule has 0 saturated heterocycles. The molecule has 216 valence electrons. The summed E-state index contributed by atoms with van der Waals surface area (Å²) in [4.78, 5) is 37.4. The van der Waals surface area contributed by atoms with Crippen LogP contribution in [-0.4, -0.2) is 57.3 Å². The highest BCUT2D eigenvalue weighted by atomic mass is 16.4. The molecule has 0 aromatic carbocycles. The number of carbonyl (C=O) groups is 3. The molecule has 7 heteroatoms. The molecule has 7 nitrogen and oxygen atoms in total. The van der Waals surface area contributed by atoms with Crippen molar-refractivity contribution in [2.24, 2.45) is 0 Å². The molecule has 0 amide bonds. The number of carbonyl (C=O) groups excluding carboxylic acids is 1. The van der Waals surface area contributed by atoms with Crippen LogP contribution in [0.25, 0.3) is 0 Å². The maximum atomic E-state index is 12.5. The molecule has 0 saturated carbocycles. The van der Waals surface area contributed by atoms with Gasteiger partial charge in [-0.05, 0) is 51.4 Å². The van der Waals surface area contributed by atoms with Crippen LogP contribution < -0.4 is 5.11 Å². The van der Waals surface area contributed by atoms with Crippen molar-refractivity contribution in [1.29, 1.82) is 0 Å². The second kappa shape index (κ2) is 21.1. The highest BCUT2D eigenvalue weighted by Crippen LogP contribution is 2.34. The summed E-state index contributed by atoms with van der Waals surface area (Å²) >= 11 is 0. The van der Waals surface area contributed by atoms with E-state index in [1.165, 1.54) is 38.5 Å². The Bertz CT molecular complexity index is 603. The summed E-state index contributed by atoms with van der Waals surface area (Å²) in [6.07, 6.45) is 18.7. The molecule has 2 N–H and O–H groups in total. The lowest BCUT2D eigenvalue weighted by atomic mass is 9.91. The highest BCUT2D eigenvalue weighted by Gasteiger charge is 2.54. The van der Waals surface area contributed by atoms with Gasteiger partial charge in [-0.15, -0.1) is 0 Å². The van der Waals surface area contributed by atoms with Gasteiger partial charge in [0.1, 0.15) is 6.04 Å². The zero-order valence-corrected chi connectivity index (χ0v) is 24.1. The van der Waals surface area contributed by atoms with Gasteiger partial charge >= 0.3 is 11.9 Å². The van der Waals surface area contributed by atoms with E-state index in [0.717, 1.165) is 25.7 Å². The number of carboxylic acid groups (broad SMARTS) is 3. The minimum Gasteiger partial charge on any atom is -0.544 e. The van der Waals surface area contributed by atoms with Crippen LogP contribution in [0.15, 0.2) is 12.2 Å². The minimum absolute atomic E-state index is 0.199. The Morgan fingerprint density at radius 1 is 0.622 bits per heavy atom. The van der Waals surface area contributed by atoms with Crippen molar-refractivity contribution in [3.8, 4) is 0 Å². The van der Waals surface area contributed by atoms with E-state index in [1.807, 2.05) is 20.8 Å². The van der Waals surface area contributed by atoms with Crippen LogP contribution in [-0.2, 0) is 14.4 Å². The Morgan fingerprint density at radius 3 is 1.43 bits per heavy atom. The molecule has 3 unspecified atom stereocenters. The smallest absolute Gasteiger partial charge is 0.362 e. The van der Waals surface area contributed by atoms with Crippen LogP contribution in [0.2, 0.25) is 0 Å². The first-order valence-electron chi connectivity index (χ1n) is 14.9. The van der Waals surface area contributed by atoms with Crippen molar-refractivity contribution < 1.29 is 34.2 Å². The largest absolute Gasteiger partial charge is 0.544 e. The quantitative estimate of drug-likeness (QED) is 0.0846. The molecule has 0 aromatic heterocycles. The third-order valence-corrected chi connectivity index (χ3v) is 7.58. The fourth-order valence-corrected chi connectivity index (χ4v) is 5.74. The van der Waals surface area contributed by atoms with Gasteiger partial charge in [0.2, 0.25) is 0 Å².